The van der Waals surface area contributed by atoms with Crippen molar-refractivity contribution in [2.75, 3.05) is 12.4 Å². The number of thiocarbonyl (C=S) groups is 1. The van der Waals surface area contributed by atoms with E-state index in [2.05, 4.69) is 5.32 Å². The maximum atomic E-state index is 13.5. The lowest BCUT2D eigenvalue weighted by molar-refractivity contribution is -0.123. The molecule has 0 bridgehead atoms. The van der Waals surface area contributed by atoms with Gasteiger partial charge >= 0.3 is 0 Å². The van der Waals surface area contributed by atoms with Gasteiger partial charge in [0.05, 0.1) is 17.6 Å². The summed E-state index contributed by atoms with van der Waals surface area (Å²) in [6.07, 6.45) is 4.09. The predicted molar refractivity (Wildman–Crippen MR) is 141 cm³/mol. The van der Waals surface area contributed by atoms with Gasteiger partial charge < -0.3 is 10.1 Å². The second kappa shape index (κ2) is 9.99. The number of amides is 1. The molecule has 0 spiro atoms. The van der Waals surface area contributed by atoms with Crippen molar-refractivity contribution < 1.29 is 9.53 Å². The number of rotatable bonds is 7. The van der Waals surface area contributed by atoms with Gasteiger partial charge in [-0.1, -0.05) is 49.1 Å². The number of aromatic nitrogens is 2. The number of ether oxygens (including phenoxy) is 1. The Morgan fingerprint density at radius 2 is 1.97 bits per heavy atom. The molecule has 9 heteroatoms. The van der Waals surface area contributed by atoms with Crippen molar-refractivity contribution in [3.63, 3.8) is 0 Å². The smallest absolute Gasteiger partial charge is 0.267 e. The highest BCUT2D eigenvalue weighted by molar-refractivity contribution is 8.26. The van der Waals surface area contributed by atoms with Crippen LogP contribution in [0.5, 0.6) is 5.75 Å². The Hall–Kier alpha value is -3.17. The summed E-state index contributed by atoms with van der Waals surface area (Å²) in [7, 11) is 1.62. The lowest BCUT2D eigenvalue weighted by Crippen LogP contribution is -2.36. The van der Waals surface area contributed by atoms with Gasteiger partial charge in [0.15, 0.2) is 0 Å². The second-order valence-corrected chi connectivity index (χ2v) is 9.75. The first-order chi connectivity index (χ1) is 16.3. The number of pyridine rings is 1. The van der Waals surface area contributed by atoms with Crippen LogP contribution >= 0.6 is 24.0 Å². The molecule has 0 aliphatic carbocycles. The van der Waals surface area contributed by atoms with Gasteiger partial charge in [0, 0.05) is 18.8 Å². The fourth-order valence-corrected chi connectivity index (χ4v) is 5.12. The van der Waals surface area contributed by atoms with Crippen molar-refractivity contribution in [2.24, 2.45) is 0 Å². The SMILES string of the molecule is CCC(C)N1C(=O)/C(=C/c2c(NCc3ccc(OC)cc3)nc3c(C)cccn3c2=O)SC1=S. The van der Waals surface area contributed by atoms with Gasteiger partial charge in [-0.3, -0.25) is 18.9 Å². The first-order valence-corrected chi connectivity index (χ1v) is 12.2. The van der Waals surface area contributed by atoms with Crippen molar-refractivity contribution in [3.8, 4) is 5.75 Å². The minimum atomic E-state index is -0.250. The molecule has 34 heavy (non-hydrogen) atoms. The Morgan fingerprint density at radius 1 is 1.24 bits per heavy atom. The van der Waals surface area contributed by atoms with Crippen LogP contribution in [0.3, 0.4) is 0 Å². The Kier molecular flexibility index (Phi) is 7.04. The van der Waals surface area contributed by atoms with Crippen LogP contribution in [0.25, 0.3) is 11.7 Å². The molecule has 1 N–H and O–H groups in total. The Balaban J connectivity index is 1.77. The monoisotopic (exact) mass is 494 g/mol. The molecule has 0 radical (unpaired) electrons. The molecular formula is C25H26N4O3S2. The molecule has 1 amide bonds. The minimum absolute atomic E-state index is 0.00968. The molecule has 4 rings (SSSR count). The van der Waals surface area contributed by atoms with Gasteiger partial charge in [0.1, 0.15) is 21.5 Å². The number of nitrogens with one attached hydrogen (secondary N) is 1. The number of thioether (sulfide) groups is 1. The molecule has 176 valence electrons. The fourth-order valence-electron chi connectivity index (χ4n) is 3.68. The number of fused-ring (bicyclic) bond motifs is 1. The highest BCUT2D eigenvalue weighted by Crippen LogP contribution is 2.35. The van der Waals surface area contributed by atoms with E-state index < -0.39 is 0 Å². The Labute approximate surface area is 207 Å². The summed E-state index contributed by atoms with van der Waals surface area (Å²) in [5.41, 5.74) is 2.51. The lowest BCUT2D eigenvalue weighted by atomic mass is 10.2. The average molecular weight is 495 g/mol. The van der Waals surface area contributed by atoms with Crippen molar-refractivity contribution in [3.05, 3.63) is 74.5 Å². The first kappa shape index (κ1) is 24.0. The molecule has 1 aromatic carbocycles. The third-order valence-corrected chi connectivity index (χ3v) is 7.16. The molecule has 1 fully saturated rings. The van der Waals surface area contributed by atoms with Gasteiger partial charge in [0.2, 0.25) is 0 Å². The summed E-state index contributed by atoms with van der Waals surface area (Å²) in [5.74, 6) is 1.01. The number of hydrogen-bond donors (Lipinski definition) is 1. The predicted octanol–water partition coefficient (Wildman–Crippen LogP) is 4.62. The Morgan fingerprint density at radius 3 is 2.65 bits per heavy atom. The number of methoxy groups -OCH3 is 1. The van der Waals surface area contributed by atoms with E-state index in [0.29, 0.717) is 32.8 Å². The largest absolute Gasteiger partial charge is 0.497 e. The molecule has 3 aromatic rings. The Bertz CT molecular complexity index is 1350. The molecule has 0 saturated carbocycles. The van der Waals surface area contributed by atoms with E-state index in [1.807, 2.05) is 57.2 Å². The topological polar surface area (TPSA) is 75.9 Å². The van der Waals surface area contributed by atoms with Gasteiger partial charge in [0.25, 0.3) is 11.5 Å². The highest BCUT2D eigenvalue weighted by atomic mass is 32.2. The first-order valence-electron chi connectivity index (χ1n) is 11.0. The summed E-state index contributed by atoms with van der Waals surface area (Å²) < 4.78 is 7.23. The summed E-state index contributed by atoms with van der Waals surface area (Å²) in [4.78, 5) is 33.4. The summed E-state index contributed by atoms with van der Waals surface area (Å²) in [6.45, 7) is 6.33. The summed E-state index contributed by atoms with van der Waals surface area (Å²) >= 11 is 6.67. The number of carbonyl (C=O) groups excluding carboxylic acids is 1. The minimum Gasteiger partial charge on any atom is -0.497 e. The van der Waals surface area contributed by atoms with E-state index in [-0.39, 0.29) is 17.5 Å². The number of anilines is 1. The van der Waals surface area contributed by atoms with E-state index >= 15 is 0 Å². The van der Waals surface area contributed by atoms with Gasteiger partial charge in [-0.2, -0.15) is 0 Å². The molecule has 1 atom stereocenters. The van der Waals surface area contributed by atoms with Crippen molar-refractivity contribution in [2.45, 2.75) is 39.8 Å². The zero-order chi connectivity index (χ0) is 24.4. The molecule has 7 nitrogen and oxygen atoms in total. The van der Waals surface area contributed by atoms with E-state index in [1.165, 1.54) is 16.2 Å². The molecule has 1 unspecified atom stereocenters. The molecule has 1 aliphatic rings. The number of nitrogens with zero attached hydrogens (tertiary/aromatic N) is 3. The molecular weight excluding hydrogens is 468 g/mol. The maximum Gasteiger partial charge on any atom is 0.267 e. The van der Waals surface area contributed by atoms with Crippen LogP contribution in [-0.4, -0.2) is 37.7 Å². The van der Waals surface area contributed by atoms with E-state index in [4.69, 9.17) is 21.9 Å². The molecule has 1 saturated heterocycles. The van der Waals surface area contributed by atoms with E-state index in [0.717, 1.165) is 23.3 Å². The lowest BCUT2D eigenvalue weighted by Gasteiger charge is -2.21. The van der Waals surface area contributed by atoms with Gasteiger partial charge in [-0.15, -0.1) is 0 Å². The maximum absolute atomic E-state index is 13.5. The van der Waals surface area contributed by atoms with Gasteiger partial charge in [-0.25, -0.2) is 4.98 Å². The van der Waals surface area contributed by atoms with Crippen LogP contribution in [0, 0.1) is 6.92 Å². The van der Waals surface area contributed by atoms with Gasteiger partial charge in [-0.05, 0) is 55.7 Å². The molecule has 3 heterocycles. The zero-order valence-electron chi connectivity index (χ0n) is 19.5. The van der Waals surface area contributed by atoms with Crippen LogP contribution in [0.1, 0.15) is 37.0 Å². The van der Waals surface area contributed by atoms with Crippen LogP contribution in [-0.2, 0) is 11.3 Å². The molecule has 2 aromatic heterocycles. The van der Waals surface area contributed by atoms with Crippen LogP contribution in [0.15, 0.2) is 52.3 Å². The fraction of sp³-hybridized carbons (Fsp3) is 0.280. The number of carbonyl (C=O) groups is 1. The average Bonchev–Trinajstić information content (AvgIpc) is 3.12. The summed E-state index contributed by atoms with van der Waals surface area (Å²) in [6, 6.07) is 11.4. The quantitative estimate of drug-likeness (QED) is 0.379. The number of hydrogen-bond acceptors (Lipinski definition) is 7. The van der Waals surface area contributed by atoms with Crippen molar-refractivity contribution >= 4 is 51.7 Å². The van der Waals surface area contributed by atoms with Crippen LogP contribution in [0.4, 0.5) is 5.82 Å². The normalized spacial score (nSPS) is 15.9. The summed E-state index contributed by atoms with van der Waals surface area (Å²) in [5, 5.41) is 3.30. The van der Waals surface area contributed by atoms with E-state index in [1.54, 1.807) is 24.3 Å². The molecule has 1 aliphatic heterocycles. The van der Waals surface area contributed by atoms with Crippen LogP contribution < -0.4 is 15.6 Å². The van der Waals surface area contributed by atoms with E-state index in [9.17, 15) is 9.59 Å². The van der Waals surface area contributed by atoms with Crippen molar-refractivity contribution in [1.82, 2.24) is 14.3 Å². The van der Waals surface area contributed by atoms with Crippen molar-refractivity contribution in [1.29, 1.82) is 0 Å². The second-order valence-electron chi connectivity index (χ2n) is 8.07. The number of aryl methyl sites for hydroxylation is 1. The van der Waals surface area contributed by atoms with Crippen LogP contribution in [0.2, 0.25) is 0 Å². The zero-order valence-corrected chi connectivity index (χ0v) is 21.1. The standard InChI is InChI=1S/C25H26N4O3S2/c1-5-16(3)29-24(31)20(34-25(29)33)13-19-21(26-14-17-8-10-18(32-4)11-9-17)27-22-15(2)7-6-12-28(22)23(19)30/h6-13,16,26H,5,14H2,1-4H3/b20-13-. The number of benzene rings is 1. The third-order valence-electron chi connectivity index (χ3n) is 5.83. The third kappa shape index (κ3) is 4.58. The highest BCUT2D eigenvalue weighted by Gasteiger charge is 2.35.